The van der Waals surface area contributed by atoms with Crippen LogP contribution in [-0.4, -0.2) is 46.9 Å². The minimum atomic E-state index is -0.935. The number of nitrogens with two attached hydrogens (primary N) is 1. The Morgan fingerprint density at radius 1 is 1.26 bits per heavy atom. The molecule has 4 N–H and O–H groups in total. The molecule has 0 rings (SSSR count). The molecule has 0 saturated heterocycles. The van der Waals surface area contributed by atoms with Crippen LogP contribution in [0, 0.1) is 0 Å². The van der Waals surface area contributed by atoms with E-state index in [1.54, 1.807) is 13.8 Å². The van der Waals surface area contributed by atoms with Gasteiger partial charge in [0.15, 0.2) is 0 Å². The topological polar surface area (TPSA) is 128 Å². The highest BCUT2D eigenvalue weighted by Gasteiger charge is 1.90. The molecule has 0 aliphatic carbocycles. The van der Waals surface area contributed by atoms with E-state index in [2.05, 4.69) is 26.8 Å². The number of aliphatic carboxylic acids is 1. The molecule has 0 atom stereocenters. The fourth-order valence-corrected chi connectivity index (χ4v) is 0.490. The SMILES string of the molecule is C=C(C)C(=O)O.CCOC(=O)N[SiH3].CCOC(N)=O. The zero-order valence-corrected chi connectivity index (χ0v) is 13.7. The van der Waals surface area contributed by atoms with Gasteiger partial charge in [0.05, 0.1) is 13.2 Å². The van der Waals surface area contributed by atoms with Gasteiger partial charge in [-0.2, -0.15) is 0 Å². The van der Waals surface area contributed by atoms with Gasteiger partial charge in [-0.1, -0.05) is 6.58 Å². The lowest BCUT2D eigenvalue weighted by Crippen LogP contribution is -2.20. The number of carboxylic acids is 1. The van der Waals surface area contributed by atoms with Crippen LogP contribution in [0.25, 0.3) is 0 Å². The third-order valence-corrected chi connectivity index (χ3v) is 1.54. The van der Waals surface area contributed by atoms with Crippen LogP contribution in [0.15, 0.2) is 12.2 Å². The maximum atomic E-state index is 10.1. The third kappa shape index (κ3) is 31.4. The van der Waals surface area contributed by atoms with Crippen LogP contribution in [-0.2, 0) is 14.3 Å². The standard InChI is InChI=1S/C4H6O2.C3H9NO2Si.C3H7NO2/c1-3(2)4(5)6;1-2-6-3(5)4-7;1-2-6-3(4)5/h1H2,2H3,(H,5,6);2H2,1,7H3,(H,4,5);2H2,1H3,(H2,4,5). The lowest BCUT2D eigenvalue weighted by Gasteiger charge is -1.96. The number of hydrogen-bond acceptors (Lipinski definition) is 5. The first kappa shape index (κ1) is 22.2. The Bertz CT molecular complexity index is 284. The highest BCUT2D eigenvalue weighted by atomic mass is 28.2. The number of primary amides is 1. The predicted octanol–water partition coefficient (Wildman–Crippen LogP) is -0.238. The third-order valence-electron chi connectivity index (χ3n) is 1.13. The van der Waals surface area contributed by atoms with Crippen molar-refractivity contribution in [3.05, 3.63) is 12.2 Å². The molecule has 0 unspecified atom stereocenters. The van der Waals surface area contributed by atoms with E-state index in [9.17, 15) is 14.4 Å². The molecule has 8 nitrogen and oxygen atoms in total. The van der Waals surface area contributed by atoms with Gasteiger partial charge in [0.2, 0.25) is 0 Å². The van der Waals surface area contributed by atoms with Crippen molar-refractivity contribution in [1.82, 2.24) is 4.98 Å². The minimum Gasteiger partial charge on any atom is -0.478 e. The van der Waals surface area contributed by atoms with E-state index in [1.807, 2.05) is 0 Å². The van der Waals surface area contributed by atoms with E-state index in [0.717, 1.165) is 0 Å². The summed E-state index contributed by atoms with van der Waals surface area (Å²) in [5.41, 5.74) is 4.72. The Hall–Kier alpha value is -2.03. The average molecular weight is 294 g/mol. The number of hydrogen-bond donors (Lipinski definition) is 3. The van der Waals surface area contributed by atoms with Crippen LogP contribution in [0.4, 0.5) is 9.59 Å². The summed E-state index contributed by atoms with van der Waals surface area (Å²) < 4.78 is 8.66. The van der Waals surface area contributed by atoms with Gasteiger partial charge in [0, 0.05) is 5.57 Å². The molecule has 112 valence electrons. The summed E-state index contributed by atoms with van der Waals surface area (Å²) in [6.45, 7) is 8.88. The first-order valence-electron chi connectivity index (χ1n) is 5.38. The molecule has 0 spiro atoms. The number of carboxylic acid groups (broad SMARTS) is 1. The molecule has 0 radical (unpaired) electrons. The summed E-state index contributed by atoms with van der Waals surface area (Å²) >= 11 is 0. The van der Waals surface area contributed by atoms with Crippen molar-refractivity contribution in [3.63, 3.8) is 0 Å². The van der Waals surface area contributed by atoms with Crippen molar-refractivity contribution in [2.45, 2.75) is 20.8 Å². The van der Waals surface area contributed by atoms with Gasteiger partial charge in [-0.05, 0) is 20.8 Å². The molecule has 0 aromatic heterocycles. The molecule has 19 heavy (non-hydrogen) atoms. The maximum Gasteiger partial charge on any atom is 0.404 e. The van der Waals surface area contributed by atoms with Crippen LogP contribution in [0.3, 0.4) is 0 Å². The number of rotatable bonds is 3. The van der Waals surface area contributed by atoms with Crippen LogP contribution in [0.2, 0.25) is 0 Å². The van der Waals surface area contributed by atoms with Crippen molar-refractivity contribution < 1.29 is 29.0 Å². The molecule has 0 fully saturated rings. The van der Waals surface area contributed by atoms with E-state index < -0.39 is 12.1 Å². The number of ether oxygens (including phenoxy) is 2. The fraction of sp³-hybridized carbons (Fsp3) is 0.500. The van der Waals surface area contributed by atoms with Gasteiger partial charge in [-0.25, -0.2) is 14.4 Å². The van der Waals surface area contributed by atoms with Gasteiger partial charge >= 0.3 is 18.2 Å². The fourth-order valence-electron chi connectivity index (χ4n) is 0.346. The Labute approximate surface area is 115 Å². The van der Waals surface area contributed by atoms with Gasteiger partial charge in [0.25, 0.3) is 0 Å². The molecule has 0 aromatic carbocycles. The summed E-state index contributed by atoms with van der Waals surface area (Å²) in [7, 11) is 0.663. The van der Waals surface area contributed by atoms with E-state index in [-0.39, 0.29) is 11.7 Å². The summed E-state index contributed by atoms with van der Waals surface area (Å²) in [6.07, 6.45) is -1.02. The first-order valence-corrected chi connectivity index (χ1v) is 6.38. The van der Waals surface area contributed by atoms with Gasteiger partial charge < -0.3 is 25.3 Å². The van der Waals surface area contributed by atoms with E-state index in [1.165, 1.54) is 6.92 Å². The molecule has 9 heteroatoms. The molecule has 0 heterocycles. The molecule has 2 amide bonds. The highest BCUT2D eigenvalue weighted by molar-refractivity contribution is 6.12. The molecule has 0 aromatic rings. The minimum absolute atomic E-state index is 0.176. The lowest BCUT2D eigenvalue weighted by atomic mass is 10.4. The van der Waals surface area contributed by atoms with Crippen LogP contribution >= 0.6 is 0 Å². The second kappa shape index (κ2) is 16.0. The molecule has 0 aliphatic rings. The Kier molecular flexibility index (Phi) is 18.6. The first-order chi connectivity index (χ1) is 8.72. The van der Waals surface area contributed by atoms with Crippen LogP contribution in [0.1, 0.15) is 20.8 Å². The average Bonchev–Trinajstić information content (AvgIpc) is 2.30. The Morgan fingerprint density at radius 2 is 1.63 bits per heavy atom. The zero-order chi connectivity index (χ0) is 15.8. The zero-order valence-electron chi connectivity index (χ0n) is 11.7. The predicted molar refractivity (Wildman–Crippen MR) is 73.8 cm³/mol. The maximum absolute atomic E-state index is 10.1. The molecular formula is C10H22N2O6Si. The van der Waals surface area contributed by atoms with Crippen molar-refractivity contribution in [2.24, 2.45) is 5.73 Å². The van der Waals surface area contributed by atoms with E-state index in [4.69, 9.17) is 5.11 Å². The summed E-state index contributed by atoms with van der Waals surface area (Å²) in [4.78, 5) is 31.8. The van der Waals surface area contributed by atoms with Gasteiger partial charge in [0.1, 0.15) is 10.4 Å². The number of amides is 2. The monoisotopic (exact) mass is 294 g/mol. The summed E-state index contributed by atoms with van der Waals surface area (Å²) in [5, 5.41) is 7.89. The number of carbonyl (C=O) groups is 3. The number of carbonyl (C=O) groups excluding carboxylic acids is 2. The second-order valence-electron chi connectivity index (χ2n) is 2.81. The van der Waals surface area contributed by atoms with Crippen molar-refractivity contribution >= 4 is 28.6 Å². The summed E-state index contributed by atoms with van der Waals surface area (Å²) in [6, 6.07) is 0. The van der Waals surface area contributed by atoms with E-state index >= 15 is 0 Å². The quantitative estimate of drug-likeness (QED) is 0.487. The van der Waals surface area contributed by atoms with Crippen molar-refractivity contribution in [3.8, 4) is 0 Å². The van der Waals surface area contributed by atoms with Crippen LogP contribution in [0.5, 0.6) is 0 Å². The molecular weight excluding hydrogens is 272 g/mol. The lowest BCUT2D eigenvalue weighted by molar-refractivity contribution is -0.132. The normalized spacial score (nSPS) is 7.74. The molecule has 0 bridgehead atoms. The van der Waals surface area contributed by atoms with Gasteiger partial charge in [-0.3, -0.25) is 0 Å². The van der Waals surface area contributed by atoms with Crippen LogP contribution < -0.4 is 10.7 Å². The number of nitrogens with one attached hydrogen (secondary N) is 1. The molecule has 0 saturated carbocycles. The Balaban J connectivity index is -0.000000203. The Morgan fingerprint density at radius 3 is 1.68 bits per heavy atom. The van der Waals surface area contributed by atoms with E-state index in [0.29, 0.717) is 23.6 Å². The molecule has 0 aliphatic heterocycles. The van der Waals surface area contributed by atoms with Crippen molar-refractivity contribution in [2.75, 3.05) is 13.2 Å². The summed E-state index contributed by atoms with van der Waals surface area (Å²) in [5.74, 6) is -0.935. The second-order valence-corrected chi connectivity index (χ2v) is 3.31. The largest absolute Gasteiger partial charge is 0.478 e. The van der Waals surface area contributed by atoms with Gasteiger partial charge in [-0.15, -0.1) is 0 Å². The highest BCUT2D eigenvalue weighted by Crippen LogP contribution is 1.81. The van der Waals surface area contributed by atoms with Crippen molar-refractivity contribution in [1.29, 1.82) is 0 Å². The smallest absolute Gasteiger partial charge is 0.404 e.